The van der Waals surface area contributed by atoms with Crippen molar-refractivity contribution in [3.05, 3.63) is 30.0 Å². The minimum atomic E-state index is -2.98. The van der Waals surface area contributed by atoms with Gasteiger partial charge >= 0.3 is 0 Å². The van der Waals surface area contributed by atoms with Crippen LogP contribution in [-0.2, 0) is 4.74 Å². The number of nitrogens with zero attached hydrogens (tertiary/aromatic N) is 1. The molecule has 4 N–H and O–H groups in total. The van der Waals surface area contributed by atoms with Crippen molar-refractivity contribution in [1.82, 2.24) is 4.98 Å². The number of aromatic nitrogens is 1. The van der Waals surface area contributed by atoms with Crippen LogP contribution >= 0.6 is 0 Å². The van der Waals surface area contributed by atoms with Crippen molar-refractivity contribution in [3.8, 4) is 0 Å². The molecular formula is C14H15F2N3O. The number of nitrogens with two attached hydrogens (primary N) is 2. The number of hydrogen-bond acceptors (Lipinski definition) is 4. The standard InChI is InChI=1S/C14H15F2N3O/c15-14(16)7-20-6-5-9(14)13-12(18)11(17)8-3-1-2-4-10(8)19-13/h1-4,9H,5-7,18H2,(H2,17,19). The summed E-state index contributed by atoms with van der Waals surface area (Å²) >= 11 is 0. The van der Waals surface area contributed by atoms with Crippen molar-refractivity contribution < 1.29 is 13.5 Å². The maximum atomic E-state index is 14.0. The lowest BCUT2D eigenvalue weighted by molar-refractivity contribution is -0.130. The molecule has 0 spiro atoms. The molecule has 0 aliphatic carbocycles. The van der Waals surface area contributed by atoms with Crippen molar-refractivity contribution in [2.24, 2.45) is 0 Å². The van der Waals surface area contributed by atoms with Gasteiger partial charge in [0.25, 0.3) is 5.92 Å². The number of fused-ring (bicyclic) bond motifs is 1. The highest BCUT2D eigenvalue weighted by molar-refractivity contribution is 5.96. The molecule has 1 unspecified atom stereocenters. The van der Waals surface area contributed by atoms with E-state index in [9.17, 15) is 8.78 Å². The molecule has 1 aromatic heterocycles. The number of halogens is 2. The average molecular weight is 279 g/mol. The number of pyridine rings is 1. The zero-order valence-electron chi connectivity index (χ0n) is 10.8. The van der Waals surface area contributed by atoms with Gasteiger partial charge in [-0.3, -0.25) is 0 Å². The van der Waals surface area contributed by atoms with Gasteiger partial charge < -0.3 is 16.2 Å². The maximum absolute atomic E-state index is 14.0. The van der Waals surface area contributed by atoms with E-state index in [1.54, 1.807) is 18.2 Å². The SMILES string of the molecule is Nc1c(C2CCOCC2(F)F)nc2ccccc2c1N. The summed E-state index contributed by atoms with van der Waals surface area (Å²) in [6.07, 6.45) is 0.183. The van der Waals surface area contributed by atoms with E-state index >= 15 is 0 Å². The Labute approximate surface area is 114 Å². The van der Waals surface area contributed by atoms with Crippen molar-refractivity contribution in [2.45, 2.75) is 18.3 Å². The van der Waals surface area contributed by atoms with Gasteiger partial charge in [-0.05, 0) is 12.5 Å². The van der Waals surface area contributed by atoms with E-state index < -0.39 is 18.4 Å². The van der Waals surface area contributed by atoms with Gasteiger partial charge in [-0.15, -0.1) is 0 Å². The molecular weight excluding hydrogens is 264 g/mol. The number of anilines is 2. The molecule has 106 valence electrons. The first kappa shape index (κ1) is 13.1. The molecule has 1 saturated heterocycles. The predicted octanol–water partition coefficient (Wildman–Crippen LogP) is 2.54. The molecule has 1 fully saturated rings. The lowest BCUT2D eigenvalue weighted by atomic mass is 9.90. The highest BCUT2D eigenvalue weighted by Gasteiger charge is 2.45. The molecule has 0 saturated carbocycles. The van der Waals surface area contributed by atoms with Gasteiger partial charge in [-0.1, -0.05) is 18.2 Å². The normalized spacial score (nSPS) is 22.0. The largest absolute Gasteiger partial charge is 0.396 e. The molecule has 6 heteroatoms. The third-order valence-corrected chi connectivity index (χ3v) is 3.69. The van der Waals surface area contributed by atoms with E-state index in [4.69, 9.17) is 16.2 Å². The molecule has 0 amide bonds. The summed E-state index contributed by atoms with van der Waals surface area (Å²) < 4.78 is 32.9. The lowest BCUT2D eigenvalue weighted by Crippen LogP contribution is -2.38. The third-order valence-electron chi connectivity index (χ3n) is 3.69. The monoisotopic (exact) mass is 279 g/mol. The first-order chi connectivity index (χ1) is 9.50. The second kappa shape index (κ2) is 4.56. The molecule has 0 bridgehead atoms. The van der Waals surface area contributed by atoms with E-state index in [1.807, 2.05) is 6.07 Å². The van der Waals surface area contributed by atoms with Gasteiger partial charge in [0.1, 0.15) is 6.61 Å². The molecule has 20 heavy (non-hydrogen) atoms. The second-order valence-corrected chi connectivity index (χ2v) is 5.00. The second-order valence-electron chi connectivity index (χ2n) is 5.00. The van der Waals surface area contributed by atoms with E-state index in [0.717, 1.165) is 0 Å². The zero-order valence-corrected chi connectivity index (χ0v) is 10.8. The number of ether oxygens (including phenoxy) is 1. The summed E-state index contributed by atoms with van der Waals surface area (Å²) in [7, 11) is 0. The maximum Gasteiger partial charge on any atom is 0.279 e. The van der Waals surface area contributed by atoms with Crippen LogP contribution in [-0.4, -0.2) is 24.1 Å². The number of alkyl halides is 2. The van der Waals surface area contributed by atoms with Crippen molar-refractivity contribution in [2.75, 3.05) is 24.7 Å². The van der Waals surface area contributed by atoms with Crippen LogP contribution in [0.15, 0.2) is 24.3 Å². The molecule has 4 nitrogen and oxygen atoms in total. The zero-order chi connectivity index (χ0) is 14.3. The van der Waals surface area contributed by atoms with Crippen molar-refractivity contribution in [3.63, 3.8) is 0 Å². The average Bonchev–Trinajstić information content (AvgIpc) is 2.43. The minimum absolute atomic E-state index is 0.148. The molecule has 2 heterocycles. The van der Waals surface area contributed by atoms with Crippen LogP contribution in [0.25, 0.3) is 10.9 Å². The fourth-order valence-electron chi connectivity index (χ4n) is 2.60. The number of hydrogen-bond donors (Lipinski definition) is 2. The van der Waals surface area contributed by atoms with Crippen LogP contribution < -0.4 is 11.5 Å². The Morgan fingerprint density at radius 2 is 1.95 bits per heavy atom. The molecule has 0 radical (unpaired) electrons. The van der Waals surface area contributed by atoms with Gasteiger partial charge in [0.2, 0.25) is 0 Å². The van der Waals surface area contributed by atoms with Crippen LogP contribution in [0, 0.1) is 0 Å². The number of rotatable bonds is 1. The summed E-state index contributed by atoms with van der Waals surface area (Å²) in [6.45, 7) is -0.334. The van der Waals surface area contributed by atoms with E-state index in [2.05, 4.69) is 4.98 Å². The first-order valence-corrected chi connectivity index (χ1v) is 6.40. The Hall–Kier alpha value is -1.95. The molecule has 1 aromatic carbocycles. The van der Waals surface area contributed by atoms with Gasteiger partial charge in [0, 0.05) is 12.0 Å². The predicted molar refractivity (Wildman–Crippen MR) is 73.7 cm³/mol. The third kappa shape index (κ3) is 1.96. The quantitative estimate of drug-likeness (QED) is 0.841. The fourth-order valence-corrected chi connectivity index (χ4v) is 2.60. The van der Waals surface area contributed by atoms with Crippen LogP contribution in [0.1, 0.15) is 18.0 Å². The molecule has 1 aliphatic heterocycles. The molecule has 1 atom stereocenters. The van der Waals surface area contributed by atoms with Crippen molar-refractivity contribution >= 4 is 22.3 Å². The van der Waals surface area contributed by atoms with E-state index in [0.29, 0.717) is 16.6 Å². The molecule has 3 rings (SSSR count). The Morgan fingerprint density at radius 3 is 2.70 bits per heavy atom. The van der Waals surface area contributed by atoms with Gasteiger partial charge in [-0.25, -0.2) is 13.8 Å². The Morgan fingerprint density at radius 1 is 1.20 bits per heavy atom. The smallest absolute Gasteiger partial charge is 0.279 e. The Kier molecular flexibility index (Phi) is 2.97. The van der Waals surface area contributed by atoms with Crippen LogP contribution in [0.2, 0.25) is 0 Å². The van der Waals surface area contributed by atoms with E-state index in [1.165, 1.54) is 0 Å². The summed E-state index contributed by atoms with van der Waals surface area (Å²) in [4.78, 5) is 4.31. The fraction of sp³-hybridized carbons (Fsp3) is 0.357. The summed E-state index contributed by atoms with van der Waals surface area (Å²) in [6, 6.07) is 7.12. The molecule has 2 aromatic rings. The topological polar surface area (TPSA) is 74.2 Å². The van der Waals surface area contributed by atoms with Gasteiger partial charge in [-0.2, -0.15) is 0 Å². The summed E-state index contributed by atoms with van der Waals surface area (Å²) in [5.74, 6) is -4.03. The van der Waals surface area contributed by atoms with Crippen molar-refractivity contribution in [1.29, 1.82) is 0 Å². The molecule has 1 aliphatic rings. The summed E-state index contributed by atoms with van der Waals surface area (Å²) in [5.41, 5.74) is 13.1. The number of nitrogen functional groups attached to an aromatic ring is 2. The van der Waals surface area contributed by atoms with E-state index in [-0.39, 0.29) is 24.4 Å². The van der Waals surface area contributed by atoms with Crippen LogP contribution in [0.3, 0.4) is 0 Å². The first-order valence-electron chi connectivity index (χ1n) is 6.40. The van der Waals surface area contributed by atoms with Gasteiger partial charge in [0.05, 0.1) is 28.5 Å². The van der Waals surface area contributed by atoms with Crippen LogP contribution in [0.5, 0.6) is 0 Å². The Bertz CT molecular complexity index is 660. The Balaban J connectivity index is 2.18. The highest BCUT2D eigenvalue weighted by Crippen LogP contribution is 2.43. The minimum Gasteiger partial charge on any atom is -0.396 e. The summed E-state index contributed by atoms with van der Waals surface area (Å²) in [5, 5.41) is 0.684. The number of benzene rings is 1. The lowest BCUT2D eigenvalue weighted by Gasteiger charge is -2.31. The highest BCUT2D eigenvalue weighted by atomic mass is 19.3. The van der Waals surface area contributed by atoms with Gasteiger partial charge in [0.15, 0.2) is 0 Å². The van der Waals surface area contributed by atoms with Crippen LogP contribution in [0.4, 0.5) is 20.2 Å². The number of para-hydroxylation sites is 1.